The molecule has 3 aromatic rings. The van der Waals surface area contributed by atoms with Gasteiger partial charge in [-0.2, -0.15) is 5.10 Å². The molecule has 3 aromatic heterocycles. The lowest BCUT2D eigenvalue weighted by atomic mass is 10.2. The van der Waals surface area contributed by atoms with E-state index < -0.39 is 0 Å². The molecule has 22 heavy (non-hydrogen) atoms. The zero-order valence-corrected chi connectivity index (χ0v) is 13.0. The van der Waals surface area contributed by atoms with Crippen LogP contribution in [0.4, 0.5) is 5.82 Å². The summed E-state index contributed by atoms with van der Waals surface area (Å²) in [6, 6.07) is 3.92. The van der Waals surface area contributed by atoms with Crippen molar-refractivity contribution >= 4 is 16.7 Å². The van der Waals surface area contributed by atoms with Crippen LogP contribution in [0.15, 0.2) is 30.7 Å². The molecule has 0 N–H and O–H groups in total. The Kier molecular flexibility index (Phi) is 2.69. The highest BCUT2D eigenvalue weighted by molar-refractivity contribution is 5.90. The normalized spacial score (nSPS) is 16.0. The van der Waals surface area contributed by atoms with Gasteiger partial charge in [0.25, 0.3) is 0 Å². The first-order valence-electron chi connectivity index (χ1n) is 7.42. The highest BCUT2D eigenvalue weighted by Crippen LogP contribution is 2.43. The van der Waals surface area contributed by atoms with Crippen molar-refractivity contribution < 1.29 is 0 Å². The Balaban J connectivity index is 1.95. The van der Waals surface area contributed by atoms with E-state index in [2.05, 4.69) is 33.9 Å². The Morgan fingerprint density at radius 2 is 2.00 bits per heavy atom. The molecule has 0 bridgehead atoms. The number of nitrogens with zero attached hydrogens (tertiary/aromatic N) is 6. The molecule has 1 saturated carbocycles. The average Bonchev–Trinajstić information content (AvgIpc) is 3.14. The van der Waals surface area contributed by atoms with Crippen LogP contribution in [0.5, 0.6) is 0 Å². The fourth-order valence-corrected chi connectivity index (χ4v) is 2.70. The Bertz CT molecular complexity index is 849. The summed E-state index contributed by atoms with van der Waals surface area (Å²) in [4.78, 5) is 16.0. The van der Waals surface area contributed by atoms with Gasteiger partial charge in [-0.3, -0.25) is 9.67 Å². The fourth-order valence-electron chi connectivity index (χ4n) is 2.70. The molecule has 1 aliphatic carbocycles. The van der Waals surface area contributed by atoms with E-state index in [1.165, 1.54) is 12.8 Å². The molecule has 6 nitrogen and oxygen atoms in total. The van der Waals surface area contributed by atoms with Gasteiger partial charge in [0.1, 0.15) is 11.5 Å². The van der Waals surface area contributed by atoms with Crippen molar-refractivity contribution in [2.24, 2.45) is 7.05 Å². The van der Waals surface area contributed by atoms with Crippen molar-refractivity contribution in [3.05, 3.63) is 30.7 Å². The number of anilines is 1. The third-order valence-electron chi connectivity index (χ3n) is 4.63. The van der Waals surface area contributed by atoms with Crippen molar-refractivity contribution in [2.75, 3.05) is 11.9 Å². The van der Waals surface area contributed by atoms with Gasteiger partial charge in [-0.05, 0) is 31.9 Å². The van der Waals surface area contributed by atoms with E-state index in [9.17, 15) is 0 Å². The van der Waals surface area contributed by atoms with E-state index >= 15 is 0 Å². The molecule has 0 saturated heterocycles. The van der Waals surface area contributed by atoms with Gasteiger partial charge in [-0.25, -0.2) is 9.97 Å². The van der Waals surface area contributed by atoms with E-state index in [1.54, 1.807) is 23.3 Å². The lowest BCUT2D eigenvalue weighted by molar-refractivity contribution is 0.684. The molecule has 0 radical (unpaired) electrons. The molecule has 0 atom stereocenters. The van der Waals surface area contributed by atoms with Gasteiger partial charge in [0, 0.05) is 37.4 Å². The molecule has 1 fully saturated rings. The van der Waals surface area contributed by atoms with E-state index in [1.807, 2.05) is 19.2 Å². The zero-order valence-electron chi connectivity index (χ0n) is 13.0. The van der Waals surface area contributed by atoms with Crippen molar-refractivity contribution in [3.8, 4) is 11.5 Å². The summed E-state index contributed by atoms with van der Waals surface area (Å²) >= 11 is 0. The van der Waals surface area contributed by atoms with Gasteiger partial charge >= 0.3 is 0 Å². The minimum absolute atomic E-state index is 0.203. The smallest absolute Gasteiger partial charge is 0.180 e. The summed E-state index contributed by atoms with van der Waals surface area (Å²) in [5.74, 6) is 1.65. The van der Waals surface area contributed by atoms with Gasteiger partial charge < -0.3 is 4.90 Å². The number of fused-ring (bicyclic) bond motifs is 1. The lowest BCUT2D eigenvalue weighted by Gasteiger charge is -2.27. The van der Waals surface area contributed by atoms with Crippen LogP contribution >= 0.6 is 0 Å². The predicted octanol–water partition coefficient (Wildman–Crippen LogP) is 2.41. The maximum absolute atomic E-state index is 4.84. The maximum Gasteiger partial charge on any atom is 0.180 e. The minimum Gasteiger partial charge on any atom is -0.354 e. The van der Waals surface area contributed by atoms with E-state index in [0.717, 1.165) is 22.4 Å². The number of aryl methyl sites for hydroxylation is 1. The summed E-state index contributed by atoms with van der Waals surface area (Å²) in [6.45, 7) is 2.27. The molecule has 1 aliphatic rings. The Labute approximate surface area is 128 Å². The SMILES string of the molecule is CN(c1nc(-c2ccnn2C)nc2cnccc12)C1(C)CC1. The zero-order chi connectivity index (χ0) is 15.3. The quantitative estimate of drug-likeness (QED) is 0.742. The summed E-state index contributed by atoms with van der Waals surface area (Å²) in [5.41, 5.74) is 1.97. The van der Waals surface area contributed by atoms with Crippen LogP contribution in [0.3, 0.4) is 0 Å². The number of hydrogen-bond donors (Lipinski definition) is 0. The summed E-state index contributed by atoms with van der Waals surface area (Å²) in [6.07, 6.45) is 7.74. The Morgan fingerprint density at radius 3 is 2.68 bits per heavy atom. The first-order chi connectivity index (χ1) is 10.6. The molecule has 3 heterocycles. The second-order valence-electron chi connectivity index (χ2n) is 6.16. The average molecular weight is 294 g/mol. The number of hydrogen-bond acceptors (Lipinski definition) is 5. The van der Waals surface area contributed by atoms with Crippen LogP contribution in [-0.2, 0) is 7.05 Å². The van der Waals surface area contributed by atoms with Crippen LogP contribution in [0, 0.1) is 0 Å². The van der Waals surface area contributed by atoms with Crippen LogP contribution in [0.2, 0.25) is 0 Å². The van der Waals surface area contributed by atoms with Crippen molar-refractivity contribution in [1.82, 2.24) is 24.7 Å². The largest absolute Gasteiger partial charge is 0.354 e. The summed E-state index contributed by atoms with van der Waals surface area (Å²) in [5, 5.41) is 5.25. The second-order valence-corrected chi connectivity index (χ2v) is 6.16. The molecule has 112 valence electrons. The monoisotopic (exact) mass is 294 g/mol. The summed E-state index contributed by atoms with van der Waals surface area (Å²) in [7, 11) is 4.01. The predicted molar refractivity (Wildman–Crippen MR) is 85.6 cm³/mol. The van der Waals surface area contributed by atoms with Crippen molar-refractivity contribution in [1.29, 1.82) is 0 Å². The van der Waals surface area contributed by atoms with Crippen LogP contribution < -0.4 is 4.90 Å². The van der Waals surface area contributed by atoms with Gasteiger partial charge in [0.05, 0.1) is 11.7 Å². The van der Waals surface area contributed by atoms with Crippen molar-refractivity contribution in [2.45, 2.75) is 25.3 Å². The van der Waals surface area contributed by atoms with E-state index in [0.29, 0.717) is 5.82 Å². The fraction of sp³-hybridized carbons (Fsp3) is 0.375. The molecule has 0 unspecified atom stereocenters. The number of rotatable bonds is 3. The standard InChI is InChI=1S/C16H18N6/c1-16(6-7-16)21(2)15-11-4-8-17-10-12(11)19-14(20-15)13-5-9-18-22(13)3/h4-5,8-10H,6-7H2,1-3H3. The minimum atomic E-state index is 0.203. The first kappa shape index (κ1) is 13.2. The molecule has 4 rings (SSSR count). The summed E-state index contributed by atoms with van der Waals surface area (Å²) < 4.78 is 1.79. The molecule has 0 amide bonds. The second kappa shape index (κ2) is 4.50. The highest BCUT2D eigenvalue weighted by atomic mass is 15.3. The topological polar surface area (TPSA) is 59.7 Å². The number of pyridine rings is 1. The van der Waals surface area contributed by atoms with Crippen LogP contribution in [-0.4, -0.2) is 37.3 Å². The van der Waals surface area contributed by atoms with Gasteiger partial charge in [-0.1, -0.05) is 0 Å². The van der Waals surface area contributed by atoms with E-state index in [4.69, 9.17) is 4.98 Å². The third kappa shape index (κ3) is 1.94. The number of aromatic nitrogens is 5. The molecule has 6 heteroatoms. The highest BCUT2D eigenvalue weighted by Gasteiger charge is 2.42. The van der Waals surface area contributed by atoms with Crippen molar-refractivity contribution in [3.63, 3.8) is 0 Å². The van der Waals surface area contributed by atoms with E-state index in [-0.39, 0.29) is 5.54 Å². The van der Waals surface area contributed by atoms with Gasteiger partial charge in [0.15, 0.2) is 5.82 Å². The van der Waals surface area contributed by atoms with Gasteiger partial charge in [-0.15, -0.1) is 0 Å². The van der Waals surface area contributed by atoms with Crippen LogP contribution in [0.1, 0.15) is 19.8 Å². The lowest BCUT2D eigenvalue weighted by Crippen LogP contribution is -2.31. The Hall–Kier alpha value is -2.50. The molecule has 0 spiro atoms. The third-order valence-corrected chi connectivity index (χ3v) is 4.63. The first-order valence-corrected chi connectivity index (χ1v) is 7.42. The maximum atomic E-state index is 4.84. The van der Waals surface area contributed by atoms with Crippen LogP contribution in [0.25, 0.3) is 22.4 Å². The van der Waals surface area contributed by atoms with Gasteiger partial charge in [0.2, 0.25) is 0 Å². The molecular weight excluding hydrogens is 276 g/mol. The Morgan fingerprint density at radius 1 is 1.18 bits per heavy atom. The molecule has 0 aliphatic heterocycles. The molecular formula is C16H18N6. The molecule has 0 aromatic carbocycles.